The number of aryl methyl sites for hydroxylation is 3. The minimum atomic E-state index is -0.567. The van der Waals surface area contributed by atoms with Crippen LogP contribution >= 0.6 is 0 Å². The summed E-state index contributed by atoms with van der Waals surface area (Å²) in [6.45, 7) is 6.08. The molecule has 1 saturated heterocycles. The number of nitrogens with one attached hydrogen (secondary N) is 2. The summed E-state index contributed by atoms with van der Waals surface area (Å²) in [6.07, 6.45) is 3.15. The van der Waals surface area contributed by atoms with E-state index >= 15 is 0 Å². The monoisotopic (exact) mass is 524 g/mol. The Kier molecular flexibility index (Phi) is 3.99. The Morgan fingerprint density at radius 3 is 2.69 bits per heavy atom. The number of nitrogens with zero attached hydrogens (tertiary/aromatic N) is 5. The highest BCUT2D eigenvalue weighted by molar-refractivity contribution is 6.19. The maximum Gasteiger partial charge on any atom is 0.368 e. The topological polar surface area (TPSA) is 127 Å². The molecule has 4 aliphatic rings. The summed E-state index contributed by atoms with van der Waals surface area (Å²) in [4.78, 5) is 32.5. The van der Waals surface area contributed by atoms with E-state index in [4.69, 9.17) is 9.61 Å². The van der Waals surface area contributed by atoms with E-state index in [1.165, 1.54) is 6.07 Å². The predicted molar refractivity (Wildman–Crippen MR) is 136 cm³/mol. The molecule has 39 heavy (non-hydrogen) atoms. The average molecular weight is 525 g/mol. The number of quaternary nitrogens is 1. The first kappa shape index (κ1) is 22.5. The van der Waals surface area contributed by atoms with Gasteiger partial charge in [-0.15, -0.1) is 0 Å². The number of benzene rings is 1. The van der Waals surface area contributed by atoms with Crippen molar-refractivity contribution in [3.8, 4) is 11.3 Å². The van der Waals surface area contributed by atoms with Crippen molar-refractivity contribution in [1.82, 2.24) is 35.3 Å². The van der Waals surface area contributed by atoms with E-state index in [0.29, 0.717) is 18.7 Å². The number of hydrogen-bond donors (Lipinski definition) is 2. The molecule has 3 atom stereocenters. The molecule has 3 unspecified atom stereocenters. The highest BCUT2D eigenvalue weighted by Crippen LogP contribution is 2.83. The third-order valence-corrected chi connectivity index (χ3v) is 9.28. The van der Waals surface area contributed by atoms with Crippen LogP contribution in [0.3, 0.4) is 0 Å². The Balaban J connectivity index is 1.27. The lowest BCUT2D eigenvalue weighted by Crippen LogP contribution is -2.48. The molecular weight excluding hydrogens is 501 g/mol. The first-order valence-corrected chi connectivity index (χ1v) is 12.8. The van der Waals surface area contributed by atoms with Gasteiger partial charge in [0.15, 0.2) is 22.6 Å². The molecule has 1 aromatic carbocycles. The number of fused-ring (bicyclic) bond motifs is 2. The van der Waals surface area contributed by atoms with Crippen LogP contribution in [0, 0.1) is 32.0 Å². The third-order valence-electron chi connectivity index (χ3n) is 9.28. The molecule has 8 rings (SSSR count). The van der Waals surface area contributed by atoms with Gasteiger partial charge in [-0.25, -0.2) is 23.3 Å². The van der Waals surface area contributed by atoms with E-state index in [-0.39, 0.29) is 38.6 Å². The first-order chi connectivity index (χ1) is 18.7. The molecule has 2 fully saturated rings. The van der Waals surface area contributed by atoms with E-state index in [9.17, 15) is 14.0 Å². The molecule has 5 heterocycles. The van der Waals surface area contributed by atoms with Gasteiger partial charge in [0.05, 0.1) is 23.0 Å². The molecule has 2 amide bonds. The minimum absolute atomic E-state index is 0.0177. The van der Waals surface area contributed by atoms with Gasteiger partial charge in [0.1, 0.15) is 18.1 Å². The van der Waals surface area contributed by atoms with Crippen molar-refractivity contribution in [2.24, 2.45) is 5.41 Å². The van der Waals surface area contributed by atoms with Gasteiger partial charge in [-0.05, 0) is 61.7 Å². The molecular formula is C28H23FN7O3+. The maximum absolute atomic E-state index is 14.5. The molecule has 11 heteroatoms. The second-order valence-corrected chi connectivity index (χ2v) is 11.2. The number of hydrogen-bond acceptors (Lipinski definition) is 7. The van der Waals surface area contributed by atoms with Crippen molar-refractivity contribution in [1.29, 1.82) is 0 Å². The molecule has 2 aliphatic carbocycles. The van der Waals surface area contributed by atoms with Crippen LogP contribution in [0.5, 0.6) is 0 Å². The zero-order chi connectivity index (χ0) is 26.9. The van der Waals surface area contributed by atoms with Gasteiger partial charge in [0, 0.05) is 29.3 Å². The zero-order valence-electron chi connectivity index (χ0n) is 21.4. The van der Waals surface area contributed by atoms with E-state index in [0.717, 1.165) is 51.5 Å². The zero-order valence-corrected chi connectivity index (χ0v) is 21.4. The largest absolute Gasteiger partial charge is 0.368 e. The fraction of sp³-hybridized carbons (Fsp3) is 0.286. The molecule has 2 spiro atoms. The second-order valence-electron chi connectivity index (χ2n) is 11.2. The van der Waals surface area contributed by atoms with E-state index in [1.54, 1.807) is 25.3 Å². The Morgan fingerprint density at radius 1 is 1.15 bits per heavy atom. The molecule has 194 valence electrons. The van der Waals surface area contributed by atoms with E-state index < -0.39 is 5.91 Å². The number of aromatic amines is 1. The summed E-state index contributed by atoms with van der Waals surface area (Å²) < 4.78 is 19.1. The number of halogens is 1. The second kappa shape index (κ2) is 6.92. The van der Waals surface area contributed by atoms with Crippen LogP contribution in [-0.4, -0.2) is 49.4 Å². The molecule has 0 bridgehead atoms. The SMILES string of the molecule is Cc1nonc1C(=O)NC1=C2c3ccc(F)cc3CC23CC32C[N+]2(c2ccc(-c3c(C)n[nH]c3C)nc2)C1=O. The smallest absolute Gasteiger partial charge is 0.312 e. The summed E-state index contributed by atoms with van der Waals surface area (Å²) >= 11 is 0. The summed E-state index contributed by atoms with van der Waals surface area (Å²) in [5.74, 6) is -1.09. The molecule has 10 nitrogen and oxygen atoms in total. The summed E-state index contributed by atoms with van der Waals surface area (Å²) in [5.41, 5.74) is 6.59. The van der Waals surface area contributed by atoms with Crippen LogP contribution in [0.15, 0.2) is 46.9 Å². The van der Waals surface area contributed by atoms with Crippen molar-refractivity contribution in [2.45, 2.75) is 39.2 Å². The Bertz CT molecular complexity index is 1800. The standard InChI is InChI=1S/C28H22FN7O3/c1-13-21(14(2)33-32-13)20-7-5-18(10-30-20)36-12-28(36)11-27(28)9-16-8-17(29)4-6-19(16)22(27)24(26(36)38)31-25(37)23-15(3)34-39-35-23/h4-8,10H,9,11-12H2,1-3H3,(H-,30,31,32,33,37)/p+1. The van der Waals surface area contributed by atoms with Crippen molar-refractivity contribution in [3.63, 3.8) is 0 Å². The predicted octanol–water partition coefficient (Wildman–Crippen LogP) is 3.31. The fourth-order valence-corrected chi connectivity index (χ4v) is 7.50. The Morgan fingerprint density at radius 2 is 2.00 bits per heavy atom. The molecule has 3 aromatic heterocycles. The lowest BCUT2D eigenvalue weighted by molar-refractivity contribution is -0.122. The van der Waals surface area contributed by atoms with Gasteiger partial charge in [-0.1, -0.05) is 11.2 Å². The first-order valence-electron chi connectivity index (χ1n) is 12.8. The van der Waals surface area contributed by atoms with Crippen LogP contribution < -0.4 is 9.80 Å². The van der Waals surface area contributed by atoms with Crippen LogP contribution in [0.25, 0.3) is 16.8 Å². The Hall–Kier alpha value is -4.51. The highest BCUT2D eigenvalue weighted by atomic mass is 19.1. The van der Waals surface area contributed by atoms with Crippen molar-refractivity contribution in [2.75, 3.05) is 6.54 Å². The molecule has 1 saturated carbocycles. The number of H-pyrrole nitrogens is 1. The number of carbonyl (C=O) groups is 2. The molecule has 0 radical (unpaired) electrons. The normalized spacial score (nSPS) is 27.5. The van der Waals surface area contributed by atoms with Crippen molar-refractivity contribution >= 4 is 23.1 Å². The van der Waals surface area contributed by atoms with Gasteiger partial charge in [-0.2, -0.15) is 5.10 Å². The number of pyridine rings is 1. The summed E-state index contributed by atoms with van der Waals surface area (Å²) in [5, 5.41) is 17.6. The lowest BCUT2D eigenvalue weighted by atomic mass is 9.88. The van der Waals surface area contributed by atoms with Crippen LogP contribution in [-0.2, 0) is 11.2 Å². The Labute approximate surface area is 221 Å². The third kappa shape index (κ3) is 2.53. The molecule has 2 N–H and O–H groups in total. The fourth-order valence-electron chi connectivity index (χ4n) is 7.50. The van der Waals surface area contributed by atoms with Gasteiger partial charge in [-0.3, -0.25) is 9.89 Å². The van der Waals surface area contributed by atoms with Crippen molar-refractivity contribution < 1.29 is 18.6 Å². The van der Waals surface area contributed by atoms with Gasteiger partial charge >= 0.3 is 5.91 Å². The van der Waals surface area contributed by atoms with Crippen LogP contribution in [0.1, 0.15) is 45.1 Å². The average Bonchev–Trinajstić information content (AvgIpc) is 3.54. The van der Waals surface area contributed by atoms with Crippen LogP contribution in [0.2, 0.25) is 0 Å². The van der Waals surface area contributed by atoms with Crippen LogP contribution in [0.4, 0.5) is 10.1 Å². The number of aromatic nitrogens is 5. The maximum atomic E-state index is 14.5. The van der Waals surface area contributed by atoms with Gasteiger partial charge < -0.3 is 5.32 Å². The van der Waals surface area contributed by atoms with E-state index in [2.05, 4.69) is 25.8 Å². The minimum Gasteiger partial charge on any atom is -0.312 e. The number of rotatable bonds is 4. The van der Waals surface area contributed by atoms with E-state index in [1.807, 2.05) is 26.0 Å². The number of amides is 2. The van der Waals surface area contributed by atoms with Gasteiger partial charge in [0.2, 0.25) is 0 Å². The quantitative estimate of drug-likeness (QED) is 0.310. The lowest BCUT2D eigenvalue weighted by Gasteiger charge is -2.27. The molecule has 2 aliphatic heterocycles. The summed E-state index contributed by atoms with van der Waals surface area (Å²) in [6, 6.07) is 8.53. The van der Waals surface area contributed by atoms with Gasteiger partial charge in [0.25, 0.3) is 5.91 Å². The van der Waals surface area contributed by atoms with Crippen molar-refractivity contribution in [3.05, 3.63) is 81.9 Å². The number of carbonyl (C=O) groups excluding carboxylic acids is 2. The highest BCUT2D eigenvalue weighted by Gasteiger charge is 2.98. The summed E-state index contributed by atoms with van der Waals surface area (Å²) in [7, 11) is 0. The molecule has 4 aromatic rings.